The lowest BCUT2D eigenvalue weighted by atomic mass is 10.0. The average Bonchev–Trinajstić information content (AvgIpc) is 3.26. The molecule has 3 N–H and O–H groups in total. The van der Waals surface area contributed by atoms with E-state index in [2.05, 4.69) is 31.3 Å². The van der Waals surface area contributed by atoms with Crippen molar-refractivity contribution in [1.82, 2.24) is 5.32 Å². The second kappa shape index (κ2) is 53.5. The van der Waals surface area contributed by atoms with Crippen molar-refractivity contribution in [3.63, 3.8) is 0 Å². The lowest BCUT2D eigenvalue weighted by Gasteiger charge is -2.22. The molecule has 0 aliphatic heterocycles. The van der Waals surface area contributed by atoms with E-state index in [9.17, 15) is 15.0 Å². The Kier molecular flexibility index (Phi) is 52.7. The summed E-state index contributed by atoms with van der Waals surface area (Å²) in [5.41, 5.74) is 0. The Hall–Kier alpha value is -0.870. The monoisotopic (exact) mass is 860 g/mol. The van der Waals surface area contributed by atoms with Crippen LogP contribution in [0.2, 0.25) is 0 Å². The van der Waals surface area contributed by atoms with Crippen molar-refractivity contribution in [3.05, 3.63) is 12.2 Å². The van der Waals surface area contributed by atoms with Crippen molar-refractivity contribution in [1.29, 1.82) is 0 Å². The summed E-state index contributed by atoms with van der Waals surface area (Å²) in [5, 5.41) is 23.4. The third kappa shape index (κ3) is 50.0. The van der Waals surface area contributed by atoms with Gasteiger partial charge in [-0.25, -0.2) is 0 Å². The highest BCUT2D eigenvalue weighted by molar-refractivity contribution is 5.76. The minimum atomic E-state index is -0.657. The quantitative estimate of drug-likeness (QED) is 0.0421. The third-order valence-electron chi connectivity index (χ3n) is 13.5. The van der Waals surface area contributed by atoms with Crippen LogP contribution in [-0.4, -0.2) is 34.9 Å². The van der Waals surface area contributed by atoms with Gasteiger partial charge >= 0.3 is 0 Å². The van der Waals surface area contributed by atoms with E-state index in [4.69, 9.17) is 0 Å². The van der Waals surface area contributed by atoms with Crippen molar-refractivity contribution in [2.75, 3.05) is 6.61 Å². The van der Waals surface area contributed by atoms with Crippen LogP contribution in [0, 0.1) is 0 Å². The second-order valence-corrected chi connectivity index (χ2v) is 19.7. The molecule has 1 amide bonds. The number of carbonyl (C=O) groups is 1. The standard InChI is InChI=1S/C57H113NO3/c1-3-5-7-9-11-13-15-17-19-21-23-25-27-28-29-30-31-33-35-37-39-41-43-45-47-49-51-53-57(61)58-55(54-59)56(60)52-50-48-46-44-42-40-38-36-34-32-26-24-22-20-18-16-14-12-10-8-6-4-2/h21,23,55-56,59-60H,3-20,22,24-54H2,1-2H3,(H,58,61)/b23-21-. The molecule has 0 radical (unpaired) electrons. The molecular weight excluding hydrogens is 747 g/mol. The van der Waals surface area contributed by atoms with Gasteiger partial charge in [0.2, 0.25) is 5.91 Å². The molecule has 0 aliphatic carbocycles. The Balaban J connectivity index is 3.42. The predicted molar refractivity (Wildman–Crippen MR) is 272 cm³/mol. The van der Waals surface area contributed by atoms with Crippen LogP contribution in [0.3, 0.4) is 0 Å². The molecule has 0 aromatic carbocycles. The molecule has 61 heavy (non-hydrogen) atoms. The van der Waals surface area contributed by atoms with Crippen molar-refractivity contribution in [2.24, 2.45) is 0 Å². The zero-order valence-corrected chi connectivity index (χ0v) is 42.0. The fourth-order valence-electron chi connectivity index (χ4n) is 9.18. The Morgan fingerprint density at radius 2 is 0.623 bits per heavy atom. The molecule has 364 valence electrons. The molecule has 0 aliphatic rings. The van der Waals surface area contributed by atoms with Crippen LogP contribution in [-0.2, 0) is 4.79 Å². The summed E-state index contributed by atoms with van der Waals surface area (Å²) in [6.07, 6.45) is 69.1. The van der Waals surface area contributed by atoms with Gasteiger partial charge < -0.3 is 15.5 Å². The largest absolute Gasteiger partial charge is 0.394 e. The lowest BCUT2D eigenvalue weighted by molar-refractivity contribution is -0.123. The number of aliphatic hydroxyl groups is 2. The summed E-state index contributed by atoms with van der Waals surface area (Å²) in [4.78, 5) is 12.5. The highest BCUT2D eigenvalue weighted by Crippen LogP contribution is 2.18. The molecule has 0 aromatic rings. The van der Waals surface area contributed by atoms with Crippen molar-refractivity contribution < 1.29 is 15.0 Å². The minimum absolute atomic E-state index is 0.0241. The van der Waals surface area contributed by atoms with Crippen LogP contribution in [0.1, 0.15) is 328 Å². The van der Waals surface area contributed by atoms with Gasteiger partial charge in [-0.2, -0.15) is 0 Å². The maximum Gasteiger partial charge on any atom is 0.220 e. The van der Waals surface area contributed by atoms with Gasteiger partial charge in [-0.3, -0.25) is 4.79 Å². The fourth-order valence-corrected chi connectivity index (χ4v) is 9.18. The van der Waals surface area contributed by atoms with E-state index >= 15 is 0 Å². The summed E-state index contributed by atoms with van der Waals surface area (Å²) in [7, 11) is 0. The molecule has 4 heteroatoms. The van der Waals surface area contributed by atoms with Gasteiger partial charge in [0.25, 0.3) is 0 Å². The van der Waals surface area contributed by atoms with Crippen LogP contribution in [0.25, 0.3) is 0 Å². The van der Waals surface area contributed by atoms with Crippen LogP contribution in [0.4, 0.5) is 0 Å². The first kappa shape index (κ1) is 60.1. The van der Waals surface area contributed by atoms with E-state index in [0.717, 1.165) is 25.7 Å². The van der Waals surface area contributed by atoms with Crippen LogP contribution in [0.5, 0.6) is 0 Å². The van der Waals surface area contributed by atoms with Crippen molar-refractivity contribution in [3.8, 4) is 0 Å². The van der Waals surface area contributed by atoms with Crippen LogP contribution >= 0.6 is 0 Å². The molecule has 0 saturated carbocycles. The highest BCUT2D eigenvalue weighted by Gasteiger charge is 2.20. The topological polar surface area (TPSA) is 69.6 Å². The zero-order valence-electron chi connectivity index (χ0n) is 42.0. The maximum atomic E-state index is 12.5. The maximum absolute atomic E-state index is 12.5. The smallest absolute Gasteiger partial charge is 0.220 e. The van der Waals surface area contributed by atoms with E-state index < -0.39 is 12.1 Å². The Morgan fingerprint density at radius 1 is 0.377 bits per heavy atom. The number of amides is 1. The number of unbranched alkanes of at least 4 members (excludes halogenated alkanes) is 44. The summed E-state index contributed by atoms with van der Waals surface area (Å²) < 4.78 is 0. The number of aliphatic hydroxyl groups excluding tert-OH is 2. The molecule has 0 aromatic heterocycles. The number of allylic oxidation sites excluding steroid dienone is 2. The van der Waals surface area contributed by atoms with Gasteiger partial charge in [-0.1, -0.05) is 296 Å². The number of hydrogen-bond acceptors (Lipinski definition) is 3. The summed E-state index contributed by atoms with van der Waals surface area (Å²) in [6.45, 7) is 4.40. The van der Waals surface area contributed by atoms with E-state index in [-0.39, 0.29) is 12.5 Å². The molecule has 2 unspecified atom stereocenters. The summed E-state index contributed by atoms with van der Waals surface area (Å²) in [6, 6.07) is -0.533. The average molecular weight is 861 g/mol. The molecule has 0 heterocycles. The number of rotatable bonds is 53. The first-order valence-corrected chi connectivity index (χ1v) is 28.4. The number of nitrogens with one attached hydrogen (secondary N) is 1. The highest BCUT2D eigenvalue weighted by atomic mass is 16.3. The lowest BCUT2D eigenvalue weighted by Crippen LogP contribution is -2.45. The van der Waals surface area contributed by atoms with Gasteiger partial charge in [0.15, 0.2) is 0 Å². The van der Waals surface area contributed by atoms with Crippen LogP contribution < -0.4 is 5.32 Å². The van der Waals surface area contributed by atoms with Gasteiger partial charge in [-0.15, -0.1) is 0 Å². The molecule has 0 bridgehead atoms. The van der Waals surface area contributed by atoms with Crippen molar-refractivity contribution >= 4 is 5.91 Å². The number of hydrogen-bond donors (Lipinski definition) is 3. The third-order valence-corrected chi connectivity index (χ3v) is 13.5. The van der Waals surface area contributed by atoms with Gasteiger partial charge in [0, 0.05) is 6.42 Å². The van der Waals surface area contributed by atoms with E-state index in [1.54, 1.807) is 0 Å². The molecule has 0 saturated heterocycles. The Bertz CT molecular complexity index is 844. The first-order chi connectivity index (χ1) is 30.2. The molecule has 0 spiro atoms. The Morgan fingerprint density at radius 3 is 0.902 bits per heavy atom. The van der Waals surface area contributed by atoms with Crippen LogP contribution in [0.15, 0.2) is 12.2 Å². The molecule has 4 nitrogen and oxygen atoms in total. The van der Waals surface area contributed by atoms with E-state index in [1.165, 1.54) is 276 Å². The van der Waals surface area contributed by atoms with Gasteiger partial charge in [-0.05, 0) is 38.5 Å². The zero-order chi connectivity index (χ0) is 44.2. The van der Waals surface area contributed by atoms with E-state index in [0.29, 0.717) is 12.8 Å². The van der Waals surface area contributed by atoms with Gasteiger partial charge in [0.05, 0.1) is 18.8 Å². The predicted octanol–water partition coefficient (Wildman–Crippen LogP) is 18.5. The minimum Gasteiger partial charge on any atom is -0.394 e. The molecule has 0 fully saturated rings. The Labute approximate surface area is 384 Å². The molecule has 2 atom stereocenters. The summed E-state index contributed by atoms with van der Waals surface area (Å²) in [5.74, 6) is -0.0241. The second-order valence-electron chi connectivity index (χ2n) is 19.7. The normalized spacial score (nSPS) is 12.8. The first-order valence-electron chi connectivity index (χ1n) is 28.4. The summed E-state index contributed by atoms with van der Waals surface area (Å²) >= 11 is 0. The SMILES string of the molecule is CCCCCCCCCC/C=C\CCCCCCCCCCCCCCCCCC(=O)NC(CO)C(O)CCCCCCCCCCCCCCCCCCCCCCCC. The number of carbonyl (C=O) groups excluding carboxylic acids is 1. The van der Waals surface area contributed by atoms with Crippen molar-refractivity contribution in [2.45, 2.75) is 341 Å². The van der Waals surface area contributed by atoms with Gasteiger partial charge in [0.1, 0.15) is 0 Å². The molecular formula is C57H113NO3. The fraction of sp³-hybridized carbons (Fsp3) is 0.947. The molecule has 0 rings (SSSR count). The van der Waals surface area contributed by atoms with E-state index in [1.807, 2.05) is 0 Å².